The number of furan rings is 1. The maximum Gasteiger partial charge on any atom is 0.291 e. The van der Waals surface area contributed by atoms with Crippen molar-refractivity contribution in [2.24, 2.45) is 0 Å². The highest BCUT2D eigenvalue weighted by Crippen LogP contribution is 2.23. The molecule has 4 aromatic rings. The topological polar surface area (TPSA) is 54.3 Å². The van der Waals surface area contributed by atoms with Gasteiger partial charge in [-0.2, -0.15) is 0 Å². The van der Waals surface area contributed by atoms with E-state index >= 15 is 0 Å². The van der Waals surface area contributed by atoms with Crippen LogP contribution in [0, 0.1) is 6.92 Å². The van der Waals surface area contributed by atoms with Gasteiger partial charge in [0.2, 0.25) is 0 Å². The highest BCUT2D eigenvalue weighted by atomic mass is 16.3. The van der Waals surface area contributed by atoms with Crippen LogP contribution in [0.25, 0.3) is 10.8 Å². The van der Waals surface area contributed by atoms with Crippen LogP contribution < -0.4 is 10.6 Å². The zero-order valence-electron chi connectivity index (χ0n) is 15.0. The SMILES string of the molecule is Cc1cc(NCc2cccc3ccccc23)ccc1NC(=O)c1ccco1. The van der Waals surface area contributed by atoms with Crippen LogP contribution in [-0.2, 0) is 6.54 Å². The number of hydrogen-bond acceptors (Lipinski definition) is 3. The second-order valence-electron chi connectivity index (χ2n) is 6.45. The van der Waals surface area contributed by atoms with Gasteiger partial charge >= 0.3 is 0 Å². The highest BCUT2D eigenvalue weighted by molar-refractivity contribution is 6.02. The number of amides is 1. The van der Waals surface area contributed by atoms with E-state index in [1.54, 1.807) is 12.1 Å². The summed E-state index contributed by atoms with van der Waals surface area (Å²) < 4.78 is 5.13. The Morgan fingerprint density at radius 1 is 0.963 bits per heavy atom. The molecular weight excluding hydrogens is 336 g/mol. The first kappa shape index (κ1) is 16.9. The van der Waals surface area contributed by atoms with Crippen molar-refractivity contribution < 1.29 is 9.21 Å². The molecule has 134 valence electrons. The van der Waals surface area contributed by atoms with Gasteiger partial charge in [0.25, 0.3) is 5.91 Å². The number of fused-ring (bicyclic) bond motifs is 1. The number of anilines is 2. The van der Waals surface area contributed by atoms with E-state index < -0.39 is 0 Å². The molecule has 1 aromatic heterocycles. The predicted molar refractivity (Wildman–Crippen MR) is 109 cm³/mol. The fourth-order valence-corrected chi connectivity index (χ4v) is 3.15. The van der Waals surface area contributed by atoms with Gasteiger partial charge in [-0.1, -0.05) is 42.5 Å². The van der Waals surface area contributed by atoms with E-state index in [1.807, 2.05) is 25.1 Å². The minimum atomic E-state index is -0.250. The van der Waals surface area contributed by atoms with Crippen molar-refractivity contribution in [1.82, 2.24) is 0 Å². The van der Waals surface area contributed by atoms with E-state index in [0.29, 0.717) is 5.76 Å². The van der Waals surface area contributed by atoms with Gasteiger partial charge in [0.15, 0.2) is 5.76 Å². The quantitative estimate of drug-likeness (QED) is 0.489. The summed E-state index contributed by atoms with van der Waals surface area (Å²) in [5, 5.41) is 8.84. The summed E-state index contributed by atoms with van der Waals surface area (Å²) in [7, 11) is 0. The molecule has 2 N–H and O–H groups in total. The van der Waals surface area contributed by atoms with E-state index in [-0.39, 0.29) is 5.91 Å². The minimum Gasteiger partial charge on any atom is -0.459 e. The van der Waals surface area contributed by atoms with Gasteiger partial charge in [0, 0.05) is 17.9 Å². The van der Waals surface area contributed by atoms with Gasteiger partial charge in [0.05, 0.1) is 6.26 Å². The zero-order valence-corrected chi connectivity index (χ0v) is 15.0. The van der Waals surface area contributed by atoms with E-state index in [9.17, 15) is 4.79 Å². The van der Waals surface area contributed by atoms with Crippen LogP contribution in [-0.4, -0.2) is 5.91 Å². The zero-order chi connectivity index (χ0) is 18.6. The van der Waals surface area contributed by atoms with Gasteiger partial charge in [0.1, 0.15) is 0 Å². The van der Waals surface area contributed by atoms with Crippen LogP contribution >= 0.6 is 0 Å². The summed E-state index contributed by atoms with van der Waals surface area (Å²) in [6, 6.07) is 24.0. The van der Waals surface area contributed by atoms with Gasteiger partial charge in [-0.3, -0.25) is 4.79 Å². The predicted octanol–water partition coefficient (Wildman–Crippen LogP) is 5.61. The van der Waals surface area contributed by atoms with Crippen LogP contribution in [0.1, 0.15) is 21.7 Å². The molecular formula is C23H20N2O2. The van der Waals surface area contributed by atoms with Crippen molar-refractivity contribution in [3.05, 3.63) is 95.9 Å². The molecule has 0 atom stereocenters. The Hall–Kier alpha value is -3.53. The van der Waals surface area contributed by atoms with E-state index in [4.69, 9.17) is 4.42 Å². The number of aryl methyl sites for hydroxylation is 1. The van der Waals surface area contributed by atoms with Crippen LogP contribution in [0.3, 0.4) is 0 Å². The highest BCUT2D eigenvalue weighted by Gasteiger charge is 2.10. The summed E-state index contributed by atoms with van der Waals surface area (Å²) in [5.74, 6) is 0.0483. The number of rotatable bonds is 5. The van der Waals surface area contributed by atoms with Crippen LogP contribution in [0.5, 0.6) is 0 Å². The molecule has 1 amide bonds. The smallest absolute Gasteiger partial charge is 0.291 e. The van der Waals surface area contributed by atoms with Gasteiger partial charge in [-0.05, 0) is 59.2 Å². The molecule has 3 aromatic carbocycles. The Morgan fingerprint density at radius 2 is 1.81 bits per heavy atom. The average molecular weight is 356 g/mol. The molecule has 0 aliphatic heterocycles. The number of nitrogens with one attached hydrogen (secondary N) is 2. The van der Waals surface area contributed by atoms with Crippen molar-refractivity contribution in [1.29, 1.82) is 0 Å². The van der Waals surface area contributed by atoms with Crippen molar-refractivity contribution >= 4 is 28.1 Å². The first-order valence-corrected chi connectivity index (χ1v) is 8.87. The number of carbonyl (C=O) groups is 1. The molecule has 4 heteroatoms. The lowest BCUT2D eigenvalue weighted by Crippen LogP contribution is -2.12. The van der Waals surface area contributed by atoms with Crippen molar-refractivity contribution in [3.63, 3.8) is 0 Å². The Morgan fingerprint density at radius 3 is 2.63 bits per heavy atom. The molecule has 0 spiro atoms. The van der Waals surface area contributed by atoms with Crippen molar-refractivity contribution in [2.45, 2.75) is 13.5 Å². The summed E-state index contributed by atoms with van der Waals surface area (Å²) in [4.78, 5) is 12.1. The van der Waals surface area contributed by atoms with Crippen LogP contribution in [0.2, 0.25) is 0 Å². The number of carbonyl (C=O) groups excluding carboxylic acids is 1. The molecule has 4 rings (SSSR count). The third-order valence-electron chi connectivity index (χ3n) is 4.58. The molecule has 0 radical (unpaired) electrons. The molecule has 0 saturated heterocycles. The average Bonchev–Trinajstić information content (AvgIpc) is 3.23. The summed E-state index contributed by atoms with van der Waals surface area (Å²) >= 11 is 0. The molecule has 27 heavy (non-hydrogen) atoms. The number of hydrogen-bond donors (Lipinski definition) is 2. The molecule has 0 fully saturated rings. The third kappa shape index (κ3) is 3.70. The third-order valence-corrected chi connectivity index (χ3v) is 4.58. The molecule has 0 saturated carbocycles. The van der Waals surface area contributed by atoms with Gasteiger partial charge in [-0.25, -0.2) is 0 Å². The molecule has 0 aliphatic carbocycles. The maximum absolute atomic E-state index is 12.1. The summed E-state index contributed by atoms with van der Waals surface area (Å²) in [6.45, 7) is 2.71. The lowest BCUT2D eigenvalue weighted by atomic mass is 10.0. The maximum atomic E-state index is 12.1. The largest absolute Gasteiger partial charge is 0.459 e. The van der Waals surface area contributed by atoms with Crippen LogP contribution in [0.15, 0.2) is 83.5 Å². The Balaban J connectivity index is 1.47. The van der Waals surface area contributed by atoms with E-state index in [2.05, 4.69) is 53.1 Å². The molecule has 0 unspecified atom stereocenters. The summed E-state index contributed by atoms with van der Waals surface area (Å²) in [6.07, 6.45) is 1.49. The molecule has 4 nitrogen and oxygen atoms in total. The van der Waals surface area contributed by atoms with Crippen LogP contribution in [0.4, 0.5) is 11.4 Å². The Labute approximate surface area is 157 Å². The molecule has 0 bridgehead atoms. The van der Waals surface area contributed by atoms with E-state index in [1.165, 1.54) is 22.6 Å². The van der Waals surface area contributed by atoms with Crippen molar-refractivity contribution in [2.75, 3.05) is 10.6 Å². The van der Waals surface area contributed by atoms with Gasteiger partial charge in [-0.15, -0.1) is 0 Å². The monoisotopic (exact) mass is 356 g/mol. The fourth-order valence-electron chi connectivity index (χ4n) is 3.15. The first-order valence-electron chi connectivity index (χ1n) is 8.87. The second-order valence-corrected chi connectivity index (χ2v) is 6.45. The van der Waals surface area contributed by atoms with Crippen molar-refractivity contribution in [3.8, 4) is 0 Å². The number of benzene rings is 3. The molecule has 0 aliphatic rings. The normalized spacial score (nSPS) is 10.7. The lowest BCUT2D eigenvalue weighted by Gasteiger charge is -2.12. The fraction of sp³-hybridized carbons (Fsp3) is 0.0870. The minimum absolute atomic E-state index is 0.250. The Bertz CT molecular complexity index is 1080. The lowest BCUT2D eigenvalue weighted by molar-refractivity contribution is 0.0996. The Kier molecular flexibility index (Phi) is 4.62. The van der Waals surface area contributed by atoms with Gasteiger partial charge < -0.3 is 15.1 Å². The standard InChI is InChI=1S/C23H20N2O2/c1-16-14-19(11-12-21(16)25-23(26)22-10-5-13-27-22)24-15-18-8-4-7-17-6-2-3-9-20(17)18/h2-14,24H,15H2,1H3,(H,25,26). The van der Waals surface area contributed by atoms with E-state index in [0.717, 1.165) is 23.5 Å². The first-order chi connectivity index (χ1) is 13.2. The second kappa shape index (κ2) is 7.38. The summed E-state index contributed by atoms with van der Waals surface area (Å²) in [5.41, 5.74) is 4.02. The molecule has 1 heterocycles.